The van der Waals surface area contributed by atoms with E-state index in [1.165, 1.54) is 4.68 Å². The summed E-state index contributed by atoms with van der Waals surface area (Å²) in [6.07, 6.45) is 1.61. The Hall–Kier alpha value is -4.28. The smallest absolute Gasteiger partial charge is 0.335 e. The number of carboxylic acids is 1. The molecule has 1 N–H and O–H groups in total. The zero-order chi connectivity index (χ0) is 32.2. The van der Waals surface area contributed by atoms with Crippen LogP contribution >= 0.6 is 31.9 Å². The molecule has 0 saturated heterocycles. The number of aromatic nitrogens is 2. The van der Waals surface area contributed by atoms with Gasteiger partial charge in [-0.05, 0) is 122 Å². The first kappa shape index (κ1) is 32.1. The number of aryl methyl sites for hydroxylation is 1. The Morgan fingerprint density at radius 3 is 2.36 bits per heavy atom. The van der Waals surface area contributed by atoms with Crippen LogP contribution in [0.5, 0.6) is 11.5 Å². The second kappa shape index (κ2) is 13.8. The van der Waals surface area contributed by atoms with E-state index < -0.39 is 5.97 Å². The number of nitrogens with zero attached hydrogens (tertiary/aromatic N) is 3. The number of carboxylic acid groups (broad SMARTS) is 1. The maximum atomic E-state index is 13.8. The predicted octanol–water partition coefficient (Wildman–Crippen LogP) is 8.58. The van der Waals surface area contributed by atoms with E-state index in [1.807, 2.05) is 56.3 Å². The normalized spacial score (nSPS) is 11.4. The van der Waals surface area contributed by atoms with Crippen LogP contribution in [0.1, 0.15) is 59.3 Å². The fraction of sp³-hybridized carbons (Fsp3) is 0.200. The molecular weight excluding hydrogens is 702 g/mol. The molecule has 0 bridgehead atoms. The monoisotopic (exact) mass is 731 g/mol. The van der Waals surface area contributed by atoms with Crippen molar-refractivity contribution in [2.45, 2.75) is 40.2 Å². The molecule has 10 heteroatoms. The van der Waals surface area contributed by atoms with Crippen LogP contribution in [-0.4, -0.2) is 33.6 Å². The van der Waals surface area contributed by atoms with Crippen LogP contribution in [0.15, 0.2) is 91.6 Å². The number of hydrogen-bond acceptors (Lipinski definition) is 6. The van der Waals surface area contributed by atoms with Crippen molar-refractivity contribution < 1.29 is 19.4 Å². The molecule has 5 aromatic rings. The number of ether oxygens (including phenoxy) is 2. The second-order valence-corrected chi connectivity index (χ2v) is 12.4. The number of carbonyl (C=O) groups is 1. The van der Waals surface area contributed by atoms with Crippen LogP contribution < -0.4 is 15.0 Å². The number of hydrogen-bond donors (Lipinski definition) is 1. The standard InChI is InChI=1S/C35H31Br2N3O5/c1-5-44-31-14-21(4)27(17-26(31)20(2)3)33-39-30-9-7-6-8-25(30)34(41)40(33)38-18-23-15-28(36)32(29(37)16-23)45-19-22-10-12-24(13-11-22)35(42)43/h6-18,20H,5,19H2,1-4H3,(H,42,43). The summed E-state index contributed by atoms with van der Waals surface area (Å²) in [5.74, 6) is 1.04. The summed E-state index contributed by atoms with van der Waals surface area (Å²) in [5.41, 5.74) is 4.80. The molecule has 0 aliphatic rings. The van der Waals surface area contributed by atoms with Gasteiger partial charge in [0.1, 0.15) is 18.1 Å². The Morgan fingerprint density at radius 2 is 1.71 bits per heavy atom. The maximum Gasteiger partial charge on any atom is 0.335 e. The van der Waals surface area contributed by atoms with Crippen molar-refractivity contribution in [3.05, 3.63) is 120 Å². The van der Waals surface area contributed by atoms with E-state index in [0.29, 0.717) is 43.6 Å². The largest absolute Gasteiger partial charge is 0.494 e. The molecular formula is C35H31Br2N3O5. The Bertz CT molecular complexity index is 1960. The van der Waals surface area contributed by atoms with Gasteiger partial charge >= 0.3 is 5.97 Å². The molecule has 1 aromatic heterocycles. The molecule has 0 radical (unpaired) electrons. The third-order valence-corrected chi connectivity index (χ3v) is 8.38. The third-order valence-electron chi connectivity index (χ3n) is 7.20. The van der Waals surface area contributed by atoms with Gasteiger partial charge in [0.2, 0.25) is 0 Å². The lowest BCUT2D eigenvalue weighted by Gasteiger charge is -2.18. The summed E-state index contributed by atoms with van der Waals surface area (Å²) in [7, 11) is 0. The molecule has 0 amide bonds. The molecule has 0 aliphatic carbocycles. The van der Waals surface area contributed by atoms with Crippen LogP contribution in [0.25, 0.3) is 22.3 Å². The highest BCUT2D eigenvalue weighted by Gasteiger charge is 2.19. The zero-order valence-electron chi connectivity index (χ0n) is 25.2. The predicted molar refractivity (Wildman–Crippen MR) is 184 cm³/mol. The quantitative estimate of drug-likeness (QED) is 0.144. The van der Waals surface area contributed by atoms with Gasteiger partial charge in [0.15, 0.2) is 5.82 Å². The molecule has 1 heterocycles. The maximum absolute atomic E-state index is 13.8. The highest BCUT2D eigenvalue weighted by Crippen LogP contribution is 2.36. The van der Waals surface area contributed by atoms with Gasteiger partial charge in [0, 0.05) is 5.56 Å². The number of para-hydroxylation sites is 1. The molecule has 0 fully saturated rings. The van der Waals surface area contributed by atoms with Crippen LogP contribution in [0, 0.1) is 6.92 Å². The van der Waals surface area contributed by atoms with Gasteiger partial charge in [-0.1, -0.05) is 38.1 Å². The first-order chi connectivity index (χ1) is 21.6. The Kier molecular flexibility index (Phi) is 9.84. The molecule has 0 saturated carbocycles. The first-order valence-electron chi connectivity index (χ1n) is 14.3. The van der Waals surface area contributed by atoms with Gasteiger partial charge in [-0.15, -0.1) is 0 Å². The van der Waals surface area contributed by atoms with Crippen LogP contribution in [0.3, 0.4) is 0 Å². The minimum Gasteiger partial charge on any atom is -0.494 e. The van der Waals surface area contributed by atoms with Gasteiger partial charge in [-0.2, -0.15) is 9.78 Å². The number of aromatic carboxylic acids is 1. The fourth-order valence-corrected chi connectivity index (χ4v) is 6.34. The average Bonchev–Trinajstić information content (AvgIpc) is 3.00. The minimum atomic E-state index is -0.978. The zero-order valence-corrected chi connectivity index (χ0v) is 28.3. The SMILES string of the molecule is CCOc1cc(C)c(-c2nc3ccccc3c(=O)n2N=Cc2cc(Br)c(OCc3ccc(C(=O)O)cc3)c(Br)c2)cc1C(C)C. The summed E-state index contributed by atoms with van der Waals surface area (Å²) in [5, 5.41) is 14.2. The van der Waals surface area contributed by atoms with E-state index in [0.717, 1.165) is 28.0 Å². The highest BCUT2D eigenvalue weighted by molar-refractivity contribution is 9.11. The molecule has 0 unspecified atom stereocenters. The molecule has 0 spiro atoms. The van der Waals surface area contributed by atoms with E-state index in [9.17, 15) is 9.59 Å². The lowest BCUT2D eigenvalue weighted by molar-refractivity contribution is 0.0697. The van der Waals surface area contributed by atoms with Crippen LogP contribution in [0.2, 0.25) is 0 Å². The Labute approximate surface area is 277 Å². The Morgan fingerprint density at radius 1 is 1.02 bits per heavy atom. The third kappa shape index (κ3) is 7.02. The number of fused-ring (bicyclic) bond motifs is 1. The number of halogens is 2. The molecule has 0 aliphatic heterocycles. The van der Waals surface area contributed by atoms with E-state index in [4.69, 9.17) is 19.6 Å². The van der Waals surface area contributed by atoms with Crippen molar-refractivity contribution in [2.75, 3.05) is 6.61 Å². The molecule has 8 nitrogen and oxygen atoms in total. The molecule has 5 rings (SSSR count). The average molecular weight is 733 g/mol. The molecule has 4 aromatic carbocycles. The van der Waals surface area contributed by atoms with Crippen LogP contribution in [0.4, 0.5) is 0 Å². The van der Waals surface area contributed by atoms with E-state index in [2.05, 4.69) is 50.8 Å². The lowest BCUT2D eigenvalue weighted by atomic mass is 9.96. The topological polar surface area (TPSA) is 103 Å². The summed E-state index contributed by atoms with van der Waals surface area (Å²) < 4.78 is 14.7. The first-order valence-corrected chi connectivity index (χ1v) is 15.9. The van der Waals surface area contributed by atoms with Crippen LogP contribution in [-0.2, 0) is 6.61 Å². The van der Waals surface area contributed by atoms with Crippen molar-refractivity contribution in [2.24, 2.45) is 5.10 Å². The van der Waals surface area contributed by atoms with E-state index in [-0.39, 0.29) is 23.6 Å². The van der Waals surface area contributed by atoms with Crippen molar-refractivity contribution in [3.8, 4) is 22.9 Å². The summed E-state index contributed by atoms with van der Waals surface area (Å²) in [6.45, 7) is 8.94. The fourth-order valence-electron chi connectivity index (χ4n) is 4.89. The Balaban J connectivity index is 1.53. The lowest BCUT2D eigenvalue weighted by Crippen LogP contribution is -2.21. The second-order valence-electron chi connectivity index (χ2n) is 10.7. The summed E-state index contributed by atoms with van der Waals surface area (Å²) >= 11 is 7.18. The summed E-state index contributed by atoms with van der Waals surface area (Å²) in [6, 6.07) is 21.5. The molecule has 45 heavy (non-hydrogen) atoms. The molecule has 0 atom stereocenters. The van der Waals surface area contributed by atoms with Gasteiger partial charge in [-0.25, -0.2) is 9.78 Å². The minimum absolute atomic E-state index is 0.189. The van der Waals surface area contributed by atoms with Gasteiger partial charge < -0.3 is 14.6 Å². The van der Waals surface area contributed by atoms with E-state index >= 15 is 0 Å². The van der Waals surface area contributed by atoms with Gasteiger partial charge in [0.25, 0.3) is 5.56 Å². The molecule has 230 valence electrons. The number of benzene rings is 4. The van der Waals surface area contributed by atoms with Crippen molar-refractivity contribution in [1.29, 1.82) is 0 Å². The van der Waals surface area contributed by atoms with E-state index in [1.54, 1.807) is 36.5 Å². The van der Waals surface area contributed by atoms with Crippen molar-refractivity contribution >= 4 is 54.9 Å². The summed E-state index contributed by atoms with van der Waals surface area (Å²) in [4.78, 5) is 29.9. The van der Waals surface area contributed by atoms with Gasteiger partial charge in [-0.3, -0.25) is 4.79 Å². The highest BCUT2D eigenvalue weighted by atomic mass is 79.9. The number of rotatable bonds is 10. The van der Waals surface area contributed by atoms with Crippen molar-refractivity contribution in [1.82, 2.24) is 9.66 Å². The van der Waals surface area contributed by atoms with Crippen molar-refractivity contribution in [3.63, 3.8) is 0 Å². The van der Waals surface area contributed by atoms with Gasteiger partial charge in [0.05, 0.1) is 38.2 Å².